The molecule has 120 valence electrons. The standard InChI is InChI=1S/C17H13N3O4/c21-15-8-11(10-3-1-2-4-12(10)19-15)16(22)18-9-5-6-14-13(7-9)20-17(23)24-14/h1-7,11H,8H2,(H,18,22)(H,19,21)(H,20,23). The Hall–Kier alpha value is -3.35. The number of anilines is 2. The first-order chi connectivity index (χ1) is 11.6. The van der Waals surface area contributed by atoms with E-state index in [0.29, 0.717) is 22.5 Å². The van der Waals surface area contributed by atoms with E-state index >= 15 is 0 Å². The van der Waals surface area contributed by atoms with Crippen LogP contribution < -0.4 is 16.4 Å². The van der Waals surface area contributed by atoms with Crippen molar-refractivity contribution in [2.45, 2.75) is 12.3 Å². The Kier molecular flexibility index (Phi) is 3.19. The third-order valence-electron chi connectivity index (χ3n) is 4.00. The molecule has 0 saturated heterocycles. The zero-order valence-electron chi connectivity index (χ0n) is 12.5. The quantitative estimate of drug-likeness (QED) is 0.672. The van der Waals surface area contributed by atoms with E-state index in [1.165, 1.54) is 0 Å². The van der Waals surface area contributed by atoms with Crippen molar-refractivity contribution in [3.63, 3.8) is 0 Å². The van der Waals surface area contributed by atoms with Crippen molar-refractivity contribution in [2.24, 2.45) is 0 Å². The van der Waals surface area contributed by atoms with Crippen LogP contribution in [-0.4, -0.2) is 16.8 Å². The number of fused-ring (bicyclic) bond motifs is 2. The van der Waals surface area contributed by atoms with Gasteiger partial charge in [0.25, 0.3) is 0 Å². The second kappa shape index (κ2) is 5.38. The number of hydrogen-bond acceptors (Lipinski definition) is 4. The second-order valence-corrected chi connectivity index (χ2v) is 5.61. The summed E-state index contributed by atoms with van der Waals surface area (Å²) in [6.45, 7) is 0. The molecule has 1 atom stereocenters. The van der Waals surface area contributed by atoms with Gasteiger partial charge in [-0.15, -0.1) is 0 Å². The number of nitrogens with one attached hydrogen (secondary N) is 3. The molecule has 2 amide bonds. The van der Waals surface area contributed by atoms with Gasteiger partial charge in [-0.05, 0) is 29.8 Å². The van der Waals surface area contributed by atoms with Crippen molar-refractivity contribution < 1.29 is 14.0 Å². The van der Waals surface area contributed by atoms with Crippen LogP contribution in [0.4, 0.5) is 11.4 Å². The van der Waals surface area contributed by atoms with Gasteiger partial charge in [0.2, 0.25) is 11.8 Å². The molecule has 4 rings (SSSR count). The number of H-pyrrole nitrogens is 1. The van der Waals surface area contributed by atoms with Gasteiger partial charge in [0.1, 0.15) is 0 Å². The molecule has 7 heteroatoms. The molecule has 7 nitrogen and oxygen atoms in total. The second-order valence-electron chi connectivity index (χ2n) is 5.61. The van der Waals surface area contributed by atoms with Crippen molar-refractivity contribution in [1.29, 1.82) is 0 Å². The van der Waals surface area contributed by atoms with Crippen molar-refractivity contribution in [3.8, 4) is 0 Å². The molecule has 0 bridgehead atoms. The Morgan fingerprint density at radius 3 is 2.88 bits per heavy atom. The van der Waals surface area contributed by atoms with Crippen molar-refractivity contribution >= 4 is 34.3 Å². The summed E-state index contributed by atoms with van der Waals surface area (Å²) < 4.78 is 4.93. The first-order valence-corrected chi connectivity index (χ1v) is 7.43. The Morgan fingerprint density at radius 1 is 1.17 bits per heavy atom. The Bertz CT molecular complexity index is 1020. The molecular weight excluding hydrogens is 310 g/mol. The number of aromatic nitrogens is 1. The summed E-state index contributed by atoms with van der Waals surface area (Å²) in [5.41, 5.74) is 2.88. The summed E-state index contributed by atoms with van der Waals surface area (Å²) in [7, 11) is 0. The number of hydrogen-bond donors (Lipinski definition) is 3. The normalized spacial score (nSPS) is 16.5. The van der Waals surface area contributed by atoms with Gasteiger partial charge in [-0.1, -0.05) is 18.2 Å². The molecule has 0 saturated carbocycles. The first-order valence-electron chi connectivity index (χ1n) is 7.43. The van der Waals surface area contributed by atoms with E-state index < -0.39 is 11.7 Å². The fraction of sp³-hybridized carbons (Fsp3) is 0.118. The Balaban J connectivity index is 1.63. The fourth-order valence-corrected chi connectivity index (χ4v) is 2.90. The SMILES string of the molecule is O=C1CC(C(=O)Nc2ccc3oc(=O)[nH]c3c2)c2ccccc2N1. The highest BCUT2D eigenvalue weighted by molar-refractivity contribution is 6.05. The third-order valence-corrected chi connectivity index (χ3v) is 4.00. The van der Waals surface area contributed by atoms with Crippen LogP contribution in [0.15, 0.2) is 51.7 Å². The molecular formula is C17H13N3O4. The minimum absolute atomic E-state index is 0.0909. The highest BCUT2D eigenvalue weighted by atomic mass is 16.4. The van der Waals surface area contributed by atoms with Crippen LogP contribution in [0.3, 0.4) is 0 Å². The molecule has 24 heavy (non-hydrogen) atoms. The minimum Gasteiger partial charge on any atom is -0.408 e. The summed E-state index contributed by atoms with van der Waals surface area (Å²) in [4.78, 5) is 38.2. The number of aromatic amines is 1. The summed E-state index contributed by atoms with van der Waals surface area (Å²) in [5.74, 6) is -1.58. The van der Waals surface area contributed by atoms with E-state index in [1.54, 1.807) is 24.3 Å². The monoisotopic (exact) mass is 323 g/mol. The van der Waals surface area contributed by atoms with Crippen molar-refractivity contribution in [1.82, 2.24) is 4.98 Å². The molecule has 1 aromatic heterocycles. The van der Waals surface area contributed by atoms with E-state index in [4.69, 9.17) is 4.42 Å². The number of rotatable bonds is 2. The molecule has 2 heterocycles. The highest BCUT2D eigenvalue weighted by Gasteiger charge is 2.30. The van der Waals surface area contributed by atoms with Gasteiger partial charge in [0.05, 0.1) is 11.4 Å². The number of carbonyl (C=O) groups excluding carboxylic acids is 2. The van der Waals surface area contributed by atoms with E-state index in [0.717, 1.165) is 5.56 Å². The van der Waals surface area contributed by atoms with Gasteiger partial charge in [-0.3, -0.25) is 14.6 Å². The molecule has 3 aromatic rings. The van der Waals surface area contributed by atoms with E-state index in [9.17, 15) is 14.4 Å². The molecule has 1 aliphatic heterocycles. The Morgan fingerprint density at radius 2 is 2.00 bits per heavy atom. The van der Waals surface area contributed by atoms with Gasteiger partial charge < -0.3 is 15.1 Å². The van der Waals surface area contributed by atoms with Crippen LogP contribution in [0.25, 0.3) is 11.1 Å². The maximum absolute atomic E-state index is 12.6. The lowest BCUT2D eigenvalue weighted by Gasteiger charge is -2.24. The average molecular weight is 323 g/mol. The molecule has 1 aliphatic rings. The van der Waals surface area contributed by atoms with Crippen molar-refractivity contribution in [2.75, 3.05) is 10.6 Å². The van der Waals surface area contributed by atoms with Crippen LogP contribution in [0.2, 0.25) is 0 Å². The van der Waals surface area contributed by atoms with Crippen LogP contribution in [0, 0.1) is 0 Å². The van der Waals surface area contributed by atoms with Crippen molar-refractivity contribution in [3.05, 3.63) is 58.6 Å². The van der Waals surface area contributed by atoms with E-state index in [1.807, 2.05) is 18.2 Å². The number of para-hydroxylation sites is 1. The number of carbonyl (C=O) groups is 2. The number of oxazole rings is 1. The maximum Gasteiger partial charge on any atom is 0.417 e. The van der Waals surface area contributed by atoms with Gasteiger partial charge in [-0.2, -0.15) is 0 Å². The van der Waals surface area contributed by atoms with Gasteiger partial charge in [0.15, 0.2) is 5.58 Å². The van der Waals surface area contributed by atoms with Gasteiger partial charge >= 0.3 is 5.76 Å². The molecule has 3 N–H and O–H groups in total. The highest BCUT2D eigenvalue weighted by Crippen LogP contribution is 2.33. The van der Waals surface area contributed by atoms with E-state index in [-0.39, 0.29) is 18.2 Å². The van der Waals surface area contributed by atoms with Gasteiger partial charge in [-0.25, -0.2) is 4.79 Å². The maximum atomic E-state index is 12.6. The molecule has 1 unspecified atom stereocenters. The summed E-state index contributed by atoms with van der Waals surface area (Å²) in [6.07, 6.45) is 0.0909. The molecule has 0 fully saturated rings. The van der Waals surface area contributed by atoms with E-state index in [2.05, 4.69) is 15.6 Å². The zero-order valence-corrected chi connectivity index (χ0v) is 12.5. The lowest BCUT2D eigenvalue weighted by molar-refractivity contribution is -0.123. The topological polar surface area (TPSA) is 104 Å². The predicted octanol–water partition coefficient (Wildman–Crippen LogP) is 2.19. The summed E-state index contributed by atoms with van der Waals surface area (Å²) in [6, 6.07) is 12.1. The smallest absolute Gasteiger partial charge is 0.408 e. The third kappa shape index (κ3) is 2.45. The summed E-state index contributed by atoms with van der Waals surface area (Å²) >= 11 is 0. The lowest BCUT2D eigenvalue weighted by atomic mass is 9.90. The minimum atomic E-state index is -0.561. The Labute approximate surface area is 135 Å². The largest absolute Gasteiger partial charge is 0.417 e. The summed E-state index contributed by atoms with van der Waals surface area (Å²) in [5, 5.41) is 5.56. The van der Waals surface area contributed by atoms with Crippen LogP contribution in [0.5, 0.6) is 0 Å². The van der Waals surface area contributed by atoms with Crippen LogP contribution in [0.1, 0.15) is 17.9 Å². The zero-order chi connectivity index (χ0) is 16.7. The molecule has 0 radical (unpaired) electrons. The number of amides is 2. The fourth-order valence-electron chi connectivity index (χ4n) is 2.90. The molecule has 0 spiro atoms. The van der Waals surface area contributed by atoms with Gasteiger partial charge in [0, 0.05) is 17.8 Å². The predicted molar refractivity (Wildman–Crippen MR) is 87.9 cm³/mol. The lowest BCUT2D eigenvalue weighted by Crippen LogP contribution is -2.30. The average Bonchev–Trinajstić information content (AvgIpc) is 2.93. The molecule has 2 aromatic carbocycles. The van der Waals surface area contributed by atoms with Crippen LogP contribution >= 0.6 is 0 Å². The molecule has 0 aliphatic carbocycles. The first kappa shape index (κ1) is 14.3. The number of benzene rings is 2. The van der Waals surface area contributed by atoms with Crippen LogP contribution in [-0.2, 0) is 9.59 Å².